The van der Waals surface area contributed by atoms with Gasteiger partial charge in [-0.25, -0.2) is 24.3 Å². The maximum Gasteiger partial charge on any atom is 0.408 e. The molecule has 0 aliphatic rings. The fraction of sp³-hybridized carbons (Fsp3) is 0.353. The highest BCUT2D eigenvalue weighted by Gasteiger charge is 2.32. The van der Waals surface area contributed by atoms with Crippen LogP contribution in [0.15, 0.2) is 34.3 Å². The van der Waals surface area contributed by atoms with Crippen LogP contribution in [0.1, 0.15) is 19.5 Å². The fourth-order valence-electron chi connectivity index (χ4n) is 2.60. The topological polar surface area (TPSA) is 89.4 Å². The first kappa shape index (κ1) is 19.9. The number of pyridine rings is 1. The molecule has 0 radical (unpaired) electrons. The molecule has 3 heterocycles. The quantitative estimate of drug-likeness (QED) is 0.487. The summed E-state index contributed by atoms with van der Waals surface area (Å²) in [6, 6.07) is 6.74. The molecule has 0 atom stereocenters. The highest BCUT2D eigenvalue weighted by Crippen LogP contribution is 2.24. The third-order valence-electron chi connectivity index (χ3n) is 4.04. The molecule has 146 valence electrons. The van der Waals surface area contributed by atoms with Gasteiger partial charge in [0.2, 0.25) is 0 Å². The summed E-state index contributed by atoms with van der Waals surface area (Å²) in [5.74, 6) is 0.0583. The van der Waals surface area contributed by atoms with Crippen molar-refractivity contribution in [3.63, 3.8) is 0 Å². The molecule has 0 spiro atoms. The maximum absolute atomic E-state index is 13.1. The van der Waals surface area contributed by atoms with Crippen molar-refractivity contribution in [3.8, 4) is 11.9 Å². The molecule has 0 saturated heterocycles. The van der Waals surface area contributed by atoms with Crippen LogP contribution >= 0.6 is 11.8 Å². The van der Waals surface area contributed by atoms with E-state index in [-0.39, 0.29) is 16.9 Å². The minimum Gasteiger partial charge on any atom is -0.267 e. The van der Waals surface area contributed by atoms with Gasteiger partial charge in [-0.05, 0) is 32.2 Å². The summed E-state index contributed by atoms with van der Waals surface area (Å²) < 4.78 is 41.0. The van der Waals surface area contributed by atoms with Gasteiger partial charge >= 0.3 is 6.18 Å². The van der Waals surface area contributed by atoms with Crippen LogP contribution in [0.2, 0.25) is 0 Å². The largest absolute Gasteiger partial charge is 0.408 e. The van der Waals surface area contributed by atoms with E-state index in [1.165, 1.54) is 24.0 Å². The summed E-state index contributed by atoms with van der Waals surface area (Å²) in [6.45, 7) is 1.78. The van der Waals surface area contributed by atoms with Crippen molar-refractivity contribution >= 4 is 22.8 Å². The van der Waals surface area contributed by atoms with Crippen molar-refractivity contribution in [3.05, 3.63) is 40.4 Å². The van der Waals surface area contributed by atoms with Gasteiger partial charge < -0.3 is 0 Å². The van der Waals surface area contributed by atoms with Crippen LogP contribution in [0.25, 0.3) is 16.9 Å². The Morgan fingerprint density at radius 3 is 2.57 bits per heavy atom. The first-order chi connectivity index (χ1) is 13.1. The molecule has 7 nitrogen and oxygen atoms in total. The predicted molar refractivity (Wildman–Crippen MR) is 97.4 cm³/mol. The van der Waals surface area contributed by atoms with Crippen molar-refractivity contribution in [1.29, 1.82) is 5.26 Å². The second kappa shape index (κ2) is 6.94. The third kappa shape index (κ3) is 3.60. The molecule has 0 aliphatic carbocycles. The van der Waals surface area contributed by atoms with Crippen molar-refractivity contribution in [2.24, 2.45) is 0 Å². The molecule has 28 heavy (non-hydrogen) atoms. The first-order valence-corrected chi connectivity index (χ1v) is 9.28. The molecule has 0 aliphatic heterocycles. The fourth-order valence-corrected chi connectivity index (χ4v) is 2.94. The van der Waals surface area contributed by atoms with E-state index in [0.29, 0.717) is 15.5 Å². The maximum atomic E-state index is 13.1. The lowest BCUT2D eigenvalue weighted by Crippen LogP contribution is -2.30. The van der Waals surface area contributed by atoms with Crippen molar-refractivity contribution < 1.29 is 13.2 Å². The van der Waals surface area contributed by atoms with Gasteiger partial charge in [-0.2, -0.15) is 18.4 Å². The van der Waals surface area contributed by atoms with Gasteiger partial charge in [0.05, 0.1) is 17.2 Å². The molecule has 0 N–H and O–H groups in total. The van der Waals surface area contributed by atoms with Gasteiger partial charge in [0, 0.05) is 6.20 Å². The zero-order valence-electron chi connectivity index (χ0n) is 15.2. The lowest BCUT2D eigenvalue weighted by molar-refractivity contribution is -0.144. The molecule has 0 aromatic carbocycles. The molecule has 3 aromatic rings. The minimum absolute atomic E-state index is 0.0213. The second-order valence-electron chi connectivity index (χ2n) is 6.50. The Bertz CT molecular complexity index is 1140. The summed E-state index contributed by atoms with van der Waals surface area (Å²) in [5, 5.41) is 9.59. The monoisotopic (exact) mass is 408 g/mol. The Labute approximate surface area is 161 Å². The lowest BCUT2D eigenvalue weighted by Gasteiger charge is -2.17. The van der Waals surface area contributed by atoms with E-state index in [9.17, 15) is 23.2 Å². The standard InChI is InChI=1S/C17H15F3N6OS/c1-16(2,8-21)11-5-4-6-12(23-11)26-13-10(7-22-15(24-13)28-3)14(27)25(26)9-17(18,19)20/h4-7H,9H2,1-3H3. The van der Waals surface area contributed by atoms with Crippen LogP contribution in [-0.4, -0.2) is 36.7 Å². The molecule has 11 heteroatoms. The minimum atomic E-state index is -4.63. The second-order valence-corrected chi connectivity index (χ2v) is 7.27. The van der Waals surface area contributed by atoms with E-state index < -0.39 is 23.7 Å². The summed E-state index contributed by atoms with van der Waals surface area (Å²) in [6.07, 6.45) is -1.71. The molecule has 0 amide bonds. The van der Waals surface area contributed by atoms with Crippen LogP contribution in [0.3, 0.4) is 0 Å². The van der Waals surface area contributed by atoms with Crippen molar-refractivity contribution in [2.45, 2.75) is 37.1 Å². The predicted octanol–water partition coefficient (Wildman–Crippen LogP) is 3.06. The SMILES string of the molecule is CSc1ncc2c(=O)n(CC(F)(F)F)n(-c3cccc(C(C)(C)C#N)n3)c2n1. The van der Waals surface area contributed by atoms with E-state index in [0.717, 1.165) is 4.68 Å². The van der Waals surface area contributed by atoms with Gasteiger partial charge in [-0.1, -0.05) is 17.8 Å². The molecule has 3 rings (SSSR count). The first-order valence-electron chi connectivity index (χ1n) is 8.06. The van der Waals surface area contributed by atoms with Gasteiger partial charge in [-0.15, -0.1) is 0 Å². The number of nitrogens with zero attached hydrogens (tertiary/aromatic N) is 6. The lowest BCUT2D eigenvalue weighted by atomic mass is 9.91. The third-order valence-corrected chi connectivity index (χ3v) is 4.60. The van der Waals surface area contributed by atoms with E-state index in [1.54, 1.807) is 32.2 Å². The zero-order chi connectivity index (χ0) is 20.7. The van der Waals surface area contributed by atoms with E-state index in [2.05, 4.69) is 21.0 Å². The van der Waals surface area contributed by atoms with E-state index in [1.807, 2.05) is 0 Å². The number of alkyl halides is 3. The van der Waals surface area contributed by atoms with Crippen LogP contribution in [0.4, 0.5) is 13.2 Å². The van der Waals surface area contributed by atoms with Gasteiger partial charge in [-0.3, -0.25) is 4.79 Å². The number of nitriles is 1. The highest BCUT2D eigenvalue weighted by molar-refractivity contribution is 7.98. The summed E-state index contributed by atoms with van der Waals surface area (Å²) >= 11 is 1.19. The van der Waals surface area contributed by atoms with Gasteiger partial charge in [0.25, 0.3) is 5.56 Å². The number of fused-ring (bicyclic) bond motifs is 1. The summed E-state index contributed by atoms with van der Waals surface area (Å²) in [7, 11) is 0. The van der Waals surface area contributed by atoms with Gasteiger partial charge in [0.1, 0.15) is 11.9 Å². The van der Waals surface area contributed by atoms with E-state index in [4.69, 9.17) is 0 Å². The average molecular weight is 408 g/mol. The Morgan fingerprint density at radius 2 is 1.96 bits per heavy atom. The number of halogens is 3. The van der Waals surface area contributed by atoms with Crippen LogP contribution < -0.4 is 5.56 Å². The molecule has 3 aromatic heterocycles. The molecular weight excluding hydrogens is 393 g/mol. The summed E-state index contributed by atoms with van der Waals surface area (Å²) in [5.41, 5.74) is -1.45. The molecule has 0 unspecified atom stereocenters. The Balaban J connectivity index is 2.36. The van der Waals surface area contributed by atoms with Crippen molar-refractivity contribution in [1.82, 2.24) is 24.3 Å². The molecule has 0 bridgehead atoms. The number of rotatable bonds is 4. The van der Waals surface area contributed by atoms with Crippen LogP contribution in [0.5, 0.6) is 0 Å². The number of thioether (sulfide) groups is 1. The number of hydrogen-bond acceptors (Lipinski definition) is 6. The average Bonchev–Trinajstić information content (AvgIpc) is 2.91. The van der Waals surface area contributed by atoms with Crippen LogP contribution in [0, 0.1) is 11.3 Å². The molecule has 0 saturated carbocycles. The van der Waals surface area contributed by atoms with Crippen molar-refractivity contribution in [2.75, 3.05) is 6.26 Å². The smallest absolute Gasteiger partial charge is 0.267 e. The number of aromatic nitrogens is 5. The molecule has 0 fully saturated rings. The zero-order valence-corrected chi connectivity index (χ0v) is 16.0. The Kier molecular flexibility index (Phi) is 4.93. The number of hydrogen-bond donors (Lipinski definition) is 0. The van der Waals surface area contributed by atoms with Gasteiger partial charge in [0.15, 0.2) is 16.6 Å². The normalized spacial score (nSPS) is 12.3. The Morgan fingerprint density at radius 1 is 1.25 bits per heavy atom. The van der Waals surface area contributed by atoms with E-state index >= 15 is 0 Å². The Hall–Kier alpha value is -2.87. The highest BCUT2D eigenvalue weighted by atomic mass is 32.2. The van der Waals surface area contributed by atoms with Crippen LogP contribution in [-0.2, 0) is 12.0 Å². The molecular formula is C17H15F3N6OS. The summed E-state index contributed by atoms with van der Waals surface area (Å²) in [4.78, 5) is 25.2.